The van der Waals surface area contributed by atoms with E-state index in [9.17, 15) is 0 Å². The lowest BCUT2D eigenvalue weighted by molar-refractivity contribution is 0.649. The van der Waals surface area contributed by atoms with Crippen LogP contribution in [0, 0.1) is 13.8 Å². The fraction of sp³-hybridized carbons (Fsp3) is 0.156. The van der Waals surface area contributed by atoms with E-state index in [4.69, 9.17) is 0 Å². The van der Waals surface area contributed by atoms with Gasteiger partial charge in [0.05, 0.1) is 5.69 Å². The molecule has 0 spiro atoms. The summed E-state index contributed by atoms with van der Waals surface area (Å²) in [6.45, 7) is 9.17. The van der Waals surface area contributed by atoms with E-state index in [2.05, 4.69) is 183 Å². The van der Waals surface area contributed by atoms with Crippen molar-refractivity contribution in [1.82, 2.24) is 0 Å². The number of nitrogens with zero attached hydrogens (tertiary/aromatic N) is 2. The lowest BCUT2D eigenvalue weighted by atomic mass is 9.79. The number of para-hydroxylation sites is 2. The SMILES string of the molecule is Cc1ccc(N(c2ccccc2)c2cc3c(c4ccccc24)C2=C(C=C(N(c4ccccc4)c4cccc(C)c4)CC2)C3(C)C)cc1. The van der Waals surface area contributed by atoms with Gasteiger partial charge in [0.1, 0.15) is 0 Å². The van der Waals surface area contributed by atoms with Crippen molar-refractivity contribution in [2.24, 2.45) is 0 Å². The molecule has 2 heteroatoms. The Hall–Kier alpha value is -5.34. The van der Waals surface area contributed by atoms with Gasteiger partial charge in [-0.2, -0.15) is 0 Å². The third-order valence-corrected chi connectivity index (χ3v) is 10.0. The molecule has 2 aliphatic carbocycles. The molecule has 0 unspecified atom stereocenters. The molecule has 6 aromatic carbocycles. The van der Waals surface area contributed by atoms with Crippen molar-refractivity contribution >= 4 is 44.8 Å². The number of anilines is 5. The Morgan fingerprint density at radius 2 is 1.11 bits per heavy atom. The number of hydrogen-bond acceptors (Lipinski definition) is 2. The summed E-state index contributed by atoms with van der Waals surface area (Å²) in [5.41, 5.74) is 15.4. The average Bonchev–Trinajstić information content (AvgIpc) is 3.32. The number of benzene rings is 6. The second-order valence-electron chi connectivity index (χ2n) is 13.5. The highest BCUT2D eigenvalue weighted by molar-refractivity contribution is 6.08. The summed E-state index contributed by atoms with van der Waals surface area (Å²) in [6, 6.07) is 51.0. The molecule has 0 N–H and O–H groups in total. The molecule has 6 aromatic rings. The molecule has 0 radical (unpaired) electrons. The fourth-order valence-corrected chi connectivity index (χ4v) is 7.73. The minimum absolute atomic E-state index is 0.167. The van der Waals surface area contributed by atoms with Crippen LogP contribution < -0.4 is 9.80 Å². The van der Waals surface area contributed by atoms with E-state index < -0.39 is 0 Å². The zero-order chi connectivity index (χ0) is 32.1. The topological polar surface area (TPSA) is 6.48 Å². The standard InChI is InChI=1S/C45H40N2/c1-31-22-24-35(25-23-31)47(34-17-9-6-10-18-34)43-30-42-44(39-21-12-11-20-38(39)43)40-27-26-37(29-41(40)45(42,3)4)46(33-15-7-5-8-16-33)36-19-13-14-32(2)28-36/h5-25,28-30H,26-27H2,1-4H3. The first kappa shape index (κ1) is 29.1. The average molecular weight is 609 g/mol. The number of allylic oxidation sites excluding steroid dienone is 4. The summed E-state index contributed by atoms with van der Waals surface area (Å²) in [5.74, 6) is 0. The lowest BCUT2D eigenvalue weighted by Crippen LogP contribution is -2.22. The van der Waals surface area contributed by atoms with Gasteiger partial charge >= 0.3 is 0 Å². The highest BCUT2D eigenvalue weighted by Gasteiger charge is 2.41. The van der Waals surface area contributed by atoms with E-state index in [0.29, 0.717) is 0 Å². The second-order valence-corrected chi connectivity index (χ2v) is 13.5. The Bertz CT molecular complexity index is 2170. The summed E-state index contributed by atoms with van der Waals surface area (Å²) in [4.78, 5) is 4.90. The molecule has 8 rings (SSSR count). The Morgan fingerprint density at radius 3 is 1.79 bits per heavy atom. The first-order chi connectivity index (χ1) is 22.9. The monoisotopic (exact) mass is 608 g/mol. The predicted molar refractivity (Wildman–Crippen MR) is 200 cm³/mol. The van der Waals surface area contributed by atoms with Crippen LogP contribution in [0.2, 0.25) is 0 Å². The maximum atomic E-state index is 2.51. The minimum Gasteiger partial charge on any atom is -0.314 e. The largest absolute Gasteiger partial charge is 0.314 e. The summed E-state index contributed by atoms with van der Waals surface area (Å²) in [5, 5.41) is 2.61. The first-order valence-corrected chi connectivity index (χ1v) is 16.7. The Labute approximate surface area is 278 Å². The van der Waals surface area contributed by atoms with Crippen LogP contribution in [0.1, 0.15) is 48.9 Å². The van der Waals surface area contributed by atoms with Crippen molar-refractivity contribution in [2.45, 2.75) is 46.0 Å². The quantitative estimate of drug-likeness (QED) is 0.186. The van der Waals surface area contributed by atoms with Gasteiger partial charge in [-0.25, -0.2) is 0 Å². The Morgan fingerprint density at radius 1 is 0.511 bits per heavy atom. The molecular formula is C45H40N2. The molecule has 2 aliphatic rings. The fourth-order valence-electron chi connectivity index (χ4n) is 7.73. The summed E-state index contributed by atoms with van der Waals surface area (Å²) >= 11 is 0. The van der Waals surface area contributed by atoms with Crippen molar-refractivity contribution in [3.05, 3.63) is 179 Å². The van der Waals surface area contributed by atoms with E-state index in [1.807, 2.05) is 0 Å². The van der Waals surface area contributed by atoms with Crippen LogP contribution in [0.15, 0.2) is 157 Å². The molecule has 0 fully saturated rings. The third kappa shape index (κ3) is 4.96. The van der Waals surface area contributed by atoms with E-state index >= 15 is 0 Å². The molecule has 0 aliphatic heterocycles. The van der Waals surface area contributed by atoms with Crippen LogP contribution in [0.3, 0.4) is 0 Å². The number of rotatable bonds is 6. The predicted octanol–water partition coefficient (Wildman–Crippen LogP) is 12.5. The van der Waals surface area contributed by atoms with Crippen molar-refractivity contribution in [2.75, 3.05) is 9.80 Å². The molecule has 0 aromatic heterocycles. The van der Waals surface area contributed by atoms with Crippen molar-refractivity contribution < 1.29 is 0 Å². The van der Waals surface area contributed by atoms with Gasteiger partial charge < -0.3 is 9.80 Å². The molecule has 2 nitrogen and oxygen atoms in total. The van der Waals surface area contributed by atoms with Crippen LogP contribution in [-0.2, 0) is 5.41 Å². The van der Waals surface area contributed by atoms with Gasteiger partial charge in [-0.1, -0.05) is 104 Å². The van der Waals surface area contributed by atoms with Gasteiger partial charge in [-0.05, 0) is 121 Å². The molecule has 0 atom stereocenters. The molecule has 230 valence electrons. The molecule has 0 saturated heterocycles. The van der Waals surface area contributed by atoms with Gasteiger partial charge in [-0.15, -0.1) is 0 Å². The Kier molecular flexibility index (Phi) is 7.10. The maximum absolute atomic E-state index is 2.51. The zero-order valence-electron chi connectivity index (χ0n) is 27.7. The second kappa shape index (κ2) is 11.5. The van der Waals surface area contributed by atoms with Crippen molar-refractivity contribution in [3.8, 4) is 0 Å². The number of aryl methyl sites for hydroxylation is 2. The smallest absolute Gasteiger partial charge is 0.0543 e. The number of fused-ring (bicyclic) bond motifs is 4. The highest BCUT2D eigenvalue weighted by atomic mass is 15.2. The molecule has 0 heterocycles. The molecular weight excluding hydrogens is 569 g/mol. The van der Waals surface area contributed by atoms with Crippen molar-refractivity contribution in [1.29, 1.82) is 0 Å². The number of hydrogen-bond donors (Lipinski definition) is 0. The molecule has 0 amide bonds. The minimum atomic E-state index is -0.167. The Balaban J connectivity index is 1.32. The van der Waals surface area contributed by atoms with Gasteiger partial charge in [0.15, 0.2) is 0 Å². The summed E-state index contributed by atoms with van der Waals surface area (Å²) < 4.78 is 0. The van der Waals surface area contributed by atoms with E-state index in [0.717, 1.165) is 18.5 Å². The van der Waals surface area contributed by atoms with E-state index in [-0.39, 0.29) is 5.41 Å². The van der Waals surface area contributed by atoms with Crippen molar-refractivity contribution in [3.63, 3.8) is 0 Å². The highest BCUT2D eigenvalue weighted by Crippen LogP contribution is 2.56. The third-order valence-electron chi connectivity index (χ3n) is 10.0. The van der Waals surface area contributed by atoms with E-state index in [1.165, 1.54) is 72.6 Å². The molecule has 47 heavy (non-hydrogen) atoms. The summed E-state index contributed by atoms with van der Waals surface area (Å²) in [6.07, 6.45) is 4.50. The van der Waals surface area contributed by atoms with Gasteiger partial charge in [0, 0.05) is 39.2 Å². The summed E-state index contributed by atoms with van der Waals surface area (Å²) in [7, 11) is 0. The van der Waals surface area contributed by atoms with Crippen LogP contribution in [0.4, 0.5) is 28.4 Å². The lowest BCUT2D eigenvalue weighted by Gasteiger charge is -2.33. The molecule has 0 saturated carbocycles. The molecule has 0 bridgehead atoms. The van der Waals surface area contributed by atoms with E-state index in [1.54, 1.807) is 0 Å². The van der Waals surface area contributed by atoms with Crippen LogP contribution >= 0.6 is 0 Å². The first-order valence-electron chi connectivity index (χ1n) is 16.7. The van der Waals surface area contributed by atoms with Gasteiger partial charge in [-0.3, -0.25) is 0 Å². The normalized spacial score (nSPS) is 14.9. The van der Waals surface area contributed by atoms with Crippen LogP contribution in [-0.4, -0.2) is 0 Å². The van der Waals surface area contributed by atoms with Crippen LogP contribution in [0.5, 0.6) is 0 Å². The zero-order valence-corrected chi connectivity index (χ0v) is 27.7. The van der Waals surface area contributed by atoms with Gasteiger partial charge in [0.25, 0.3) is 0 Å². The van der Waals surface area contributed by atoms with Crippen LogP contribution in [0.25, 0.3) is 16.3 Å². The van der Waals surface area contributed by atoms with Gasteiger partial charge in [0.2, 0.25) is 0 Å². The maximum Gasteiger partial charge on any atom is 0.0543 e.